The maximum atomic E-state index is 11.8. The fraction of sp³-hybridized carbons (Fsp3) is 0.250. The first-order chi connectivity index (χ1) is 8.12. The van der Waals surface area contributed by atoms with E-state index in [9.17, 15) is 9.59 Å². The van der Waals surface area contributed by atoms with Crippen LogP contribution in [0.5, 0.6) is 5.75 Å². The van der Waals surface area contributed by atoms with Crippen molar-refractivity contribution >= 4 is 11.8 Å². The number of nitriles is 1. The van der Waals surface area contributed by atoms with Gasteiger partial charge in [0.05, 0.1) is 31.4 Å². The van der Waals surface area contributed by atoms with Crippen molar-refractivity contribution in [1.82, 2.24) is 0 Å². The van der Waals surface area contributed by atoms with Gasteiger partial charge in [0.25, 0.3) is 0 Å². The van der Waals surface area contributed by atoms with Crippen LogP contribution in [0.2, 0.25) is 0 Å². The molecular weight excluding hydrogens is 222 g/mol. The number of benzene rings is 1. The molecule has 5 nitrogen and oxygen atoms in total. The highest BCUT2D eigenvalue weighted by Gasteiger charge is 2.17. The number of esters is 1. The van der Waals surface area contributed by atoms with Crippen LogP contribution >= 0.6 is 0 Å². The second-order valence-electron chi connectivity index (χ2n) is 3.20. The van der Waals surface area contributed by atoms with E-state index in [0.717, 1.165) is 0 Å². The molecule has 5 heteroatoms. The molecule has 0 bridgehead atoms. The highest BCUT2D eigenvalue weighted by Crippen LogP contribution is 2.21. The Bertz CT molecular complexity index is 488. The summed E-state index contributed by atoms with van der Waals surface area (Å²) in [5.74, 6) is -0.733. The van der Waals surface area contributed by atoms with Crippen LogP contribution in [-0.2, 0) is 9.53 Å². The fourth-order valence-corrected chi connectivity index (χ4v) is 1.29. The van der Waals surface area contributed by atoms with E-state index in [1.165, 1.54) is 32.4 Å². The fourth-order valence-electron chi connectivity index (χ4n) is 1.29. The van der Waals surface area contributed by atoms with E-state index in [1.54, 1.807) is 0 Å². The summed E-state index contributed by atoms with van der Waals surface area (Å²) in [6.07, 6.45) is -0.373. The van der Waals surface area contributed by atoms with Crippen molar-refractivity contribution in [2.45, 2.75) is 6.42 Å². The van der Waals surface area contributed by atoms with Gasteiger partial charge in [-0.15, -0.1) is 0 Å². The molecule has 1 aromatic rings. The Labute approximate surface area is 98.6 Å². The summed E-state index contributed by atoms with van der Waals surface area (Å²) in [6, 6.07) is 6.36. The van der Waals surface area contributed by atoms with E-state index >= 15 is 0 Å². The number of carbonyl (C=O) groups excluding carboxylic acids is 2. The maximum Gasteiger partial charge on any atom is 0.313 e. The summed E-state index contributed by atoms with van der Waals surface area (Å²) in [4.78, 5) is 22.8. The van der Waals surface area contributed by atoms with Crippen molar-refractivity contribution < 1.29 is 19.1 Å². The largest absolute Gasteiger partial charge is 0.496 e. The van der Waals surface area contributed by atoms with Crippen molar-refractivity contribution in [3.8, 4) is 11.8 Å². The Balaban J connectivity index is 3.06. The lowest BCUT2D eigenvalue weighted by Gasteiger charge is -2.07. The molecule has 0 saturated carbocycles. The molecule has 0 amide bonds. The molecule has 0 aromatic heterocycles. The third-order valence-corrected chi connectivity index (χ3v) is 2.16. The summed E-state index contributed by atoms with van der Waals surface area (Å²) in [7, 11) is 2.62. The lowest BCUT2D eigenvalue weighted by Crippen LogP contribution is -2.10. The standard InChI is InChI=1S/C12H11NO4/c1-16-11-4-3-8(7-13)5-9(11)10(14)6-12(15)17-2/h3-5H,6H2,1-2H3. The first-order valence-electron chi connectivity index (χ1n) is 4.80. The summed E-state index contributed by atoms with van der Waals surface area (Å²) in [5, 5.41) is 8.74. The van der Waals surface area contributed by atoms with Crippen LogP contribution in [0.25, 0.3) is 0 Å². The number of hydrogen-bond acceptors (Lipinski definition) is 5. The Morgan fingerprint density at radius 1 is 1.35 bits per heavy atom. The number of nitrogens with zero attached hydrogens (tertiary/aromatic N) is 1. The zero-order valence-electron chi connectivity index (χ0n) is 9.52. The molecule has 0 heterocycles. The number of rotatable bonds is 4. The van der Waals surface area contributed by atoms with Crippen LogP contribution in [-0.4, -0.2) is 26.0 Å². The molecule has 0 aliphatic rings. The highest BCUT2D eigenvalue weighted by molar-refractivity contribution is 6.07. The van der Waals surface area contributed by atoms with Crippen molar-refractivity contribution in [2.75, 3.05) is 14.2 Å². The van der Waals surface area contributed by atoms with Gasteiger partial charge in [-0.25, -0.2) is 0 Å². The molecular formula is C12H11NO4. The van der Waals surface area contributed by atoms with Crippen molar-refractivity contribution in [3.63, 3.8) is 0 Å². The molecule has 0 atom stereocenters. The first-order valence-corrected chi connectivity index (χ1v) is 4.80. The average Bonchev–Trinajstić information content (AvgIpc) is 2.37. The molecule has 1 aromatic carbocycles. The van der Waals surface area contributed by atoms with E-state index in [2.05, 4.69) is 4.74 Å². The summed E-state index contributed by atoms with van der Waals surface area (Å²) >= 11 is 0. The zero-order valence-corrected chi connectivity index (χ0v) is 9.52. The number of Topliss-reactive ketones (excluding diaryl/α,β-unsaturated/α-hetero) is 1. The van der Waals surface area contributed by atoms with Gasteiger partial charge < -0.3 is 9.47 Å². The van der Waals surface area contributed by atoms with Gasteiger partial charge in [-0.3, -0.25) is 9.59 Å². The van der Waals surface area contributed by atoms with Gasteiger partial charge in [-0.2, -0.15) is 5.26 Å². The minimum Gasteiger partial charge on any atom is -0.496 e. The molecule has 17 heavy (non-hydrogen) atoms. The predicted molar refractivity (Wildman–Crippen MR) is 58.7 cm³/mol. The number of carbonyl (C=O) groups is 2. The molecule has 0 fully saturated rings. The van der Waals surface area contributed by atoms with Crippen molar-refractivity contribution in [3.05, 3.63) is 29.3 Å². The van der Waals surface area contributed by atoms with Crippen molar-refractivity contribution in [2.24, 2.45) is 0 Å². The zero-order chi connectivity index (χ0) is 12.8. The molecule has 88 valence electrons. The quantitative estimate of drug-likeness (QED) is 0.445. The maximum absolute atomic E-state index is 11.8. The van der Waals surface area contributed by atoms with Crippen LogP contribution in [0.15, 0.2) is 18.2 Å². The minimum atomic E-state index is -0.626. The molecule has 0 unspecified atom stereocenters. The molecule has 0 spiro atoms. The number of methoxy groups -OCH3 is 2. The molecule has 0 saturated heterocycles. The third-order valence-electron chi connectivity index (χ3n) is 2.16. The van der Waals surface area contributed by atoms with Gasteiger partial charge in [0.15, 0.2) is 5.78 Å². The predicted octanol–water partition coefficient (Wildman–Crippen LogP) is 1.31. The smallest absolute Gasteiger partial charge is 0.313 e. The summed E-state index contributed by atoms with van der Waals surface area (Å²) in [5.41, 5.74) is 0.538. The second kappa shape index (κ2) is 5.66. The van der Waals surface area contributed by atoms with Gasteiger partial charge >= 0.3 is 5.97 Å². The molecule has 0 N–H and O–H groups in total. The van der Waals surface area contributed by atoms with Crippen LogP contribution in [0.3, 0.4) is 0 Å². The van der Waals surface area contributed by atoms with Gasteiger partial charge in [-0.05, 0) is 18.2 Å². The van der Waals surface area contributed by atoms with E-state index in [1.807, 2.05) is 6.07 Å². The number of ether oxygens (including phenoxy) is 2. The lowest BCUT2D eigenvalue weighted by molar-refractivity contribution is -0.139. The molecule has 0 aliphatic heterocycles. The lowest BCUT2D eigenvalue weighted by atomic mass is 10.0. The monoisotopic (exact) mass is 233 g/mol. The van der Waals surface area contributed by atoms with Crippen LogP contribution in [0, 0.1) is 11.3 Å². The molecule has 1 rings (SSSR count). The highest BCUT2D eigenvalue weighted by atomic mass is 16.5. The first kappa shape index (κ1) is 12.7. The molecule has 0 radical (unpaired) electrons. The number of hydrogen-bond donors (Lipinski definition) is 0. The van der Waals surface area contributed by atoms with Crippen LogP contribution < -0.4 is 4.74 Å². The number of ketones is 1. The Hall–Kier alpha value is -2.35. The minimum absolute atomic E-state index is 0.206. The van der Waals surface area contributed by atoms with Crippen LogP contribution in [0.1, 0.15) is 22.3 Å². The summed E-state index contributed by atoms with van der Waals surface area (Å²) < 4.78 is 9.41. The third kappa shape index (κ3) is 3.05. The Morgan fingerprint density at radius 2 is 2.06 bits per heavy atom. The van der Waals surface area contributed by atoms with E-state index in [0.29, 0.717) is 11.3 Å². The van der Waals surface area contributed by atoms with Gasteiger partial charge in [0.1, 0.15) is 12.2 Å². The van der Waals surface area contributed by atoms with E-state index < -0.39 is 11.8 Å². The second-order valence-corrected chi connectivity index (χ2v) is 3.20. The van der Waals surface area contributed by atoms with Gasteiger partial charge in [0, 0.05) is 0 Å². The van der Waals surface area contributed by atoms with E-state index in [-0.39, 0.29) is 12.0 Å². The molecule has 0 aliphatic carbocycles. The SMILES string of the molecule is COC(=O)CC(=O)c1cc(C#N)ccc1OC. The van der Waals surface area contributed by atoms with Crippen molar-refractivity contribution in [1.29, 1.82) is 5.26 Å². The average molecular weight is 233 g/mol. The topological polar surface area (TPSA) is 76.4 Å². The van der Waals surface area contributed by atoms with Gasteiger partial charge in [-0.1, -0.05) is 0 Å². The summed E-state index contributed by atoms with van der Waals surface area (Å²) in [6.45, 7) is 0. The van der Waals surface area contributed by atoms with Crippen LogP contribution in [0.4, 0.5) is 0 Å². The normalized spacial score (nSPS) is 9.24. The van der Waals surface area contributed by atoms with E-state index in [4.69, 9.17) is 10.00 Å². The Kier molecular flexibility index (Phi) is 4.23. The van der Waals surface area contributed by atoms with Gasteiger partial charge in [0.2, 0.25) is 0 Å². The Morgan fingerprint density at radius 3 is 2.59 bits per heavy atom.